The second kappa shape index (κ2) is 7.02. The molecule has 3 aromatic rings. The van der Waals surface area contributed by atoms with Crippen LogP contribution in [0.4, 0.5) is 0 Å². The first kappa shape index (κ1) is 15.2. The highest BCUT2D eigenvalue weighted by atomic mass is 16.5. The van der Waals surface area contributed by atoms with Crippen LogP contribution in [0.3, 0.4) is 0 Å². The lowest BCUT2D eigenvalue weighted by molar-refractivity contribution is 0.222. The number of fused-ring (bicyclic) bond motifs is 2. The van der Waals surface area contributed by atoms with E-state index in [0.717, 1.165) is 37.5 Å². The van der Waals surface area contributed by atoms with Gasteiger partial charge in [-0.05, 0) is 37.1 Å². The van der Waals surface area contributed by atoms with Gasteiger partial charge >= 0.3 is 0 Å². The molecule has 2 heterocycles. The van der Waals surface area contributed by atoms with E-state index >= 15 is 0 Å². The van der Waals surface area contributed by atoms with Crippen molar-refractivity contribution in [2.75, 3.05) is 19.7 Å². The molecule has 0 bridgehead atoms. The van der Waals surface area contributed by atoms with Crippen LogP contribution in [0.25, 0.3) is 10.9 Å². The summed E-state index contributed by atoms with van der Waals surface area (Å²) in [6.07, 6.45) is 2.29. The lowest BCUT2D eigenvalue weighted by Gasteiger charge is -2.19. The van der Waals surface area contributed by atoms with Crippen molar-refractivity contribution in [2.45, 2.75) is 19.4 Å². The predicted molar refractivity (Wildman–Crippen MR) is 97.3 cm³/mol. The van der Waals surface area contributed by atoms with Gasteiger partial charge in [0.2, 0.25) is 5.88 Å². The van der Waals surface area contributed by atoms with Crippen molar-refractivity contribution in [1.82, 2.24) is 9.88 Å². The number of nitrogens with zero attached hydrogens (tertiary/aromatic N) is 2. The summed E-state index contributed by atoms with van der Waals surface area (Å²) in [7, 11) is 0. The Morgan fingerprint density at radius 2 is 1.83 bits per heavy atom. The number of aromatic nitrogens is 1. The standard InChI is InChI=1S/C21H22N2O/c1-2-7-17(8-3-1)9-6-12-23-13-14-24-21-19(16-23)15-18-10-4-5-11-20(18)22-21/h1-5,7-8,10-11,15H,6,9,12-14,16H2. The van der Waals surface area contributed by atoms with Crippen molar-refractivity contribution in [2.24, 2.45) is 0 Å². The molecule has 0 saturated heterocycles. The Labute approximate surface area is 142 Å². The van der Waals surface area contributed by atoms with Crippen LogP contribution < -0.4 is 4.74 Å². The van der Waals surface area contributed by atoms with Crippen LogP contribution in [0.15, 0.2) is 60.7 Å². The maximum absolute atomic E-state index is 5.90. The molecule has 0 amide bonds. The van der Waals surface area contributed by atoms with E-state index in [1.807, 2.05) is 12.1 Å². The van der Waals surface area contributed by atoms with Gasteiger partial charge in [-0.15, -0.1) is 0 Å². The van der Waals surface area contributed by atoms with E-state index in [9.17, 15) is 0 Å². The molecule has 0 aliphatic carbocycles. The number of pyridine rings is 1. The van der Waals surface area contributed by atoms with E-state index in [2.05, 4.69) is 58.4 Å². The second-order valence-corrected chi connectivity index (χ2v) is 6.36. The molecule has 24 heavy (non-hydrogen) atoms. The average Bonchev–Trinajstić information content (AvgIpc) is 2.82. The van der Waals surface area contributed by atoms with Crippen LogP contribution in [-0.2, 0) is 13.0 Å². The summed E-state index contributed by atoms with van der Waals surface area (Å²) >= 11 is 0. The third-order valence-corrected chi connectivity index (χ3v) is 4.59. The van der Waals surface area contributed by atoms with Gasteiger partial charge in [0, 0.05) is 24.0 Å². The molecule has 1 aliphatic rings. The Kier molecular flexibility index (Phi) is 4.43. The molecule has 3 nitrogen and oxygen atoms in total. The molecule has 0 radical (unpaired) electrons. The predicted octanol–water partition coefficient (Wildman–Crippen LogP) is 4.06. The summed E-state index contributed by atoms with van der Waals surface area (Å²) in [5.41, 5.74) is 3.62. The van der Waals surface area contributed by atoms with Crippen LogP contribution in [0, 0.1) is 0 Å². The van der Waals surface area contributed by atoms with Gasteiger partial charge in [-0.2, -0.15) is 0 Å². The molecule has 3 heteroatoms. The molecule has 0 unspecified atom stereocenters. The molecule has 4 rings (SSSR count). The van der Waals surface area contributed by atoms with E-state index in [-0.39, 0.29) is 0 Å². The molecular weight excluding hydrogens is 296 g/mol. The molecule has 1 aliphatic heterocycles. The van der Waals surface area contributed by atoms with Crippen LogP contribution in [-0.4, -0.2) is 29.6 Å². The zero-order chi connectivity index (χ0) is 16.2. The fourth-order valence-corrected chi connectivity index (χ4v) is 3.31. The fourth-order valence-electron chi connectivity index (χ4n) is 3.31. The Bertz CT molecular complexity index is 816. The summed E-state index contributed by atoms with van der Waals surface area (Å²) in [5.74, 6) is 0.805. The Balaban J connectivity index is 1.44. The molecule has 122 valence electrons. The van der Waals surface area contributed by atoms with Crippen LogP contribution >= 0.6 is 0 Å². The number of aryl methyl sites for hydroxylation is 1. The highest BCUT2D eigenvalue weighted by molar-refractivity contribution is 5.80. The number of ether oxygens (including phenoxy) is 1. The zero-order valence-electron chi connectivity index (χ0n) is 13.8. The van der Waals surface area contributed by atoms with Crippen LogP contribution in [0.5, 0.6) is 5.88 Å². The van der Waals surface area contributed by atoms with Gasteiger partial charge in [-0.1, -0.05) is 48.5 Å². The monoisotopic (exact) mass is 318 g/mol. The van der Waals surface area contributed by atoms with Gasteiger partial charge in [0.25, 0.3) is 0 Å². The van der Waals surface area contributed by atoms with Crippen molar-refractivity contribution < 1.29 is 4.74 Å². The Morgan fingerprint density at radius 3 is 2.75 bits per heavy atom. The average molecular weight is 318 g/mol. The quantitative estimate of drug-likeness (QED) is 0.725. The summed E-state index contributed by atoms with van der Waals surface area (Å²) in [6, 6.07) is 21.2. The van der Waals surface area contributed by atoms with Crippen LogP contribution in [0.1, 0.15) is 17.5 Å². The number of hydrogen-bond acceptors (Lipinski definition) is 3. The summed E-state index contributed by atoms with van der Waals surface area (Å²) in [6.45, 7) is 3.68. The van der Waals surface area contributed by atoms with Crippen molar-refractivity contribution in [3.8, 4) is 5.88 Å². The second-order valence-electron chi connectivity index (χ2n) is 6.36. The van der Waals surface area contributed by atoms with Gasteiger partial charge < -0.3 is 4.74 Å². The van der Waals surface area contributed by atoms with E-state index in [1.54, 1.807) is 0 Å². The molecule has 2 aromatic carbocycles. The van der Waals surface area contributed by atoms with Gasteiger partial charge in [-0.3, -0.25) is 4.90 Å². The number of benzene rings is 2. The number of hydrogen-bond donors (Lipinski definition) is 0. The number of para-hydroxylation sites is 1. The van der Waals surface area contributed by atoms with E-state index < -0.39 is 0 Å². The van der Waals surface area contributed by atoms with Gasteiger partial charge in [-0.25, -0.2) is 4.98 Å². The first-order valence-corrected chi connectivity index (χ1v) is 8.66. The van der Waals surface area contributed by atoms with Crippen LogP contribution in [0.2, 0.25) is 0 Å². The molecule has 0 atom stereocenters. The molecular formula is C21H22N2O. The molecule has 0 N–H and O–H groups in total. The van der Waals surface area contributed by atoms with Gasteiger partial charge in [0.05, 0.1) is 5.52 Å². The third-order valence-electron chi connectivity index (χ3n) is 4.59. The lowest BCUT2D eigenvalue weighted by Crippen LogP contribution is -2.27. The van der Waals surface area contributed by atoms with E-state index in [1.165, 1.54) is 22.9 Å². The van der Waals surface area contributed by atoms with Crippen molar-refractivity contribution >= 4 is 10.9 Å². The molecule has 1 aromatic heterocycles. The normalized spacial score (nSPS) is 14.8. The third kappa shape index (κ3) is 3.41. The van der Waals surface area contributed by atoms with Crippen molar-refractivity contribution in [3.63, 3.8) is 0 Å². The minimum Gasteiger partial charge on any atom is -0.476 e. The fraction of sp³-hybridized carbons (Fsp3) is 0.286. The Morgan fingerprint density at radius 1 is 1.00 bits per heavy atom. The van der Waals surface area contributed by atoms with E-state index in [0.29, 0.717) is 6.61 Å². The maximum Gasteiger partial charge on any atom is 0.218 e. The largest absolute Gasteiger partial charge is 0.476 e. The van der Waals surface area contributed by atoms with Gasteiger partial charge in [0.1, 0.15) is 6.61 Å². The van der Waals surface area contributed by atoms with Crippen molar-refractivity contribution in [3.05, 3.63) is 71.8 Å². The molecule has 0 spiro atoms. The SMILES string of the molecule is c1ccc(CCCN2CCOc3nc4ccccc4cc3C2)cc1. The smallest absolute Gasteiger partial charge is 0.218 e. The minimum absolute atomic E-state index is 0.712. The zero-order valence-corrected chi connectivity index (χ0v) is 13.8. The highest BCUT2D eigenvalue weighted by Crippen LogP contribution is 2.25. The molecule has 0 fully saturated rings. The van der Waals surface area contributed by atoms with Crippen molar-refractivity contribution in [1.29, 1.82) is 0 Å². The van der Waals surface area contributed by atoms with E-state index in [4.69, 9.17) is 4.74 Å². The maximum atomic E-state index is 5.90. The highest BCUT2D eigenvalue weighted by Gasteiger charge is 2.17. The first-order chi connectivity index (χ1) is 11.9. The first-order valence-electron chi connectivity index (χ1n) is 8.66. The van der Waals surface area contributed by atoms with Gasteiger partial charge in [0.15, 0.2) is 0 Å². The minimum atomic E-state index is 0.712. The number of rotatable bonds is 4. The topological polar surface area (TPSA) is 25.4 Å². The summed E-state index contributed by atoms with van der Waals surface area (Å²) < 4.78 is 5.90. The summed E-state index contributed by atoms with van der Waals surface area (Å²) in [4.78, 5) is 7.17. The summed E-state index contributed by atoms with van der Waals surface area (Å²) in [5, 5.41) is 1.19. The molecule has 0 saturated carbocycles. The Hall–Kier alpha value is -2.39. The lowest BCUT2D eigenvalue weighted by atomic mass is 10.1.